The van der Waals surface area contributed by atoms with E-state index in [0.717, 1.165) is 6.61 Å². The Balaban J connectivity index is 2.53. The molecule has 0 bridgehead atoms. The van der Waals surface area contributed by atoms with Crippen LogP contribution in [0.15, 0.2) is 0 Å². The summed E-state index contributed by atoms with van der Waals surface area (Å²) in [7, 11) is 2.94. The lowest BCUT2D eigenvalue weighted by molar-refractivity contribution is 0.334. The van der Waals surface area contributed by atoms with Crippen molar-refractivity contribution in [3.63, 3.8) is 0 Å². The van der Waals surface area contributed by atoms with Crippen molar-refractivity contribution in [3.05, 3.63) is 0 Å². The van der Waals surface area contributed by atoms with E-state index in [2.05, 4.69) is 17.4 Å². The van der Waals surface area contributed by atoms with E-state index in [1.165, 1.54) is 25.7 Å². The van der Waals surface area contributed by atoms with Gasteiger partial charge >= 0.3 is 0 Å². The molecule has 0 aliphatic carbocycles. The SMILES string of the molecule is CCCCCCO[Si]. The lowest BCUT2D eigenvalue weighted by Gasteiger charge is -1.95. The standard InChI is InChI=1S/C6H13OSi/c1-2-3-4-5-6-7-8/h2-6H2,1H3. The quantitative estimate of drug-likeness (QED) is 0.405. The fourth-order valence-corrected chi connectivity index (χ4v) is 0.745. The Labute approximate surface area is 55.0 Å². The van der Waals surface area contributed by atoms with Gasteiger partial charge in [-0.15, -0.1) is 0 Å². The van der Waals surface area contributed by atoms with Gasteiger partial charge in [0.1, 0.15) is 0 Å². The van der Waals surface area contributed by atoms with Crippen molar-refractivity contribution in [2.24, 2.45) is 0 Å². The molecule has 0 atom stereocenters. The minimum Gasteiger partial charge on any atom is -0.419 e. The molecule has 0 saturated heterocycles. The van der Waals surface area contributed by atoms with Gasteiger partial charge in [0, 0.05) is 6.61 Å². The van der Waals surface area contributed by atoms with Crippen LogP contribution in [0.25, 0.3) is 0 Å². The van der Waals surface area contributed by atoms with Crippen LogP contribution in [-0.4, -0.2) is 17.1 Å². The third-order valence-corrected chi connectivity index (χ3v) is 1.30. The minimum atomic E-state index is 0.844. The van der Waals surface area contributed by atoms with Gasteiger partial charge in [0.25, 0.3) is 0 Å². The zero-order valence-electron chi connectivity index (χ0n) is 5.44. The number of rotatable bonds is 5. The molecule has 0 fully saturated rings. The largest absolute Gasteiger partial charge is 0.419 e. The van der Waals surface area contributed by atoms with Gasteiger partial charge in [0.15, 0.2) is 0 Å². The Morgan fingerprint density at radius 1 is 1.25 bits per heavy atom. The summed E-state index contributed by atoms with van der Waals surface area (Å²) in [6, 6.07) is 0. The van der Waals surface area contributed by atoms with Crippen molar-refractivity contribution in [3.8, 4) is 0 Å². The second-order valence-corrected chi connectivity index (χ2v) is 2.20. The van der Waals surface area contributed by atoms with Crippen molar-refractivity contribution >= 4 is 10.5 Å². The highest BCUT2D eigenvalue weighted by molar-refractivity contribution is 5.97. The molecule has 0 aromatic rings. The van der Waals surface area contributed by atoms with Gasteiger partial charge in [0.2, 0.25) is 10.5 Å². The lowest BCUT2D eigenvalue weighted by Crippen LogP contribution is -1.88. The molecule has 0 aliphatic rings. The third kappa shape index (κ3) is 6.18. The third-order valence-electron chi connectivity index (χ3n) is 1.10. The molecular weight excluding hydrogens is 116 g/mol. The predicted octanol–water partition coefficient (Wildman–Crippen LogP) is 1.67. The van der Waals surface area contributed by atoms with E-state index in [4.69, 9.17) is 4.43 Å². The first kappa shape index (κ1) is 8.18. The van der Waals surface area contributed by atoms with Crippen LogP contribution in [0.2, 0.25) is 0 Å². The van der Waals surface area contributed by atoms with E-state index < -0.39 is 0 Å². The van der Waals surface area contributed by atoms with E-state index in [1.54, 1.807) is 0 Å². The van der Waals surface area contributed by atoms with Gasteiger partial charge in [-0.25, -0.2) is 0 Å². The molecule has 3 radical (unpaired) electrons. The minimum absolute atomic E-state index is 0.844. The van der Waals surface area contributed by atoms with Gasteiger partial charge < -0.3 is 4.43 Å². The Morgan fingerprint density at radius 2 is 2.00 bits per heavy atom. The van der Waals surface area contributed by atoms with E-state index in [0.29, 0.717) is 0 Å². The normalized spacial score (nSPS) is 9.75. The topological polar surface area (TPSA) is 9.23 Å². The van der Waals surface area contributed by atoms with Gasteiger partial charge in [-0.1, -0.05) is 26.2 Å². The molecule has 0 saturated carbocycles. The highest BCUT2D eigenvalue weighted by Gasteiger charge is 1.83. The Kier molecular flexibility index (Phi) is 7.34. The summed E-state index contributed by atoms with van der Waals surface area (Å²) >= 11 is 0. The van der Waals surface area contributed by atoms with Crippen molar-refractivity contribution in [1.29, 1.82) is 0 Å². The average molecular weight is 129 g/mol. The monoisotopic (exact) mass is 129 g/mol. The van der Waals surface area contributed by atoms with E-state index >= 15 is 0 Å². The second kappa shape index (κ2) is 7.18. The smallest absolute Gasteiger partial charge is 0.246 e. The van der Waals surface area contributed by atoms with Crippen molar-refractivity contribution in [1.82, 2.24) is 0 Å². The highest BCUT2D eigenvalue weighted by atomic mass is 28.2. The molecule has 0 aliphatic heterocycles. The highest BCUT2D eigenvalue weighted by Crippen LogP contribution is 1.97. The summed E-state index contributed by atoms with van der Waals surface area (Å²) in [4.78, 5) is 0. The maximum absolute atomic E-state index is 4.69. The molecule has 0 aromatic heterocycles. The average Bonchev–Trinajstić information content (AvgIpc) is 1.81. The molecule has 0 N–H and O–H groups in total. The number of unbranched alkanes of at least 4 members (excludes halogenated alkanes) is 3. The van der Waals surface area contributed by atoms with Crippen molar-refractivity contribution in [2.45, 2.75) is 32.6 Å². The maximum atomic E-state index is 4.69. The van der Waals surface area contributed by atoms with Crippen LogP contribution in [0.3, 0.4) is 0 Å². The molecule has 2 heteroatoms. The fraction of sp³-hybridized carbons (Fsp3) is 1.00. The Bertz CT molecular complexity index is 33.5. The summed E-state index contributed by atoms with van der Waals surface area (Å²) in [6.45, 7) is 3.05. The summed E-state index contributed by atoms with van der Waals surface area (Å²) < 4.78 is 4.69. The fourth-order valence-electron chi connectivity index (χ4n) is 0.601. The molecule has 0 rings (SSSR count). The van der Waals surface area contributed by atoms with Crippen LogP contribution < -0.4 is 0 Å². The number of hydrogen-bond acceptors (Lipinski definition) is 1. The second-order valence-electron chi connectivity index (χ2n) is 1.91. The van der Waals surface area contributed by atoms with Gasteiger partial charge in [-0.2, -0.15) is 0 Å². The van der Waals surface area contributed by atoms with Crippen LogP contribution in [0.5, 0.6) is 0 Å². The summed E-state index contributed by atoms with van der Waals surface area (Å²) in [5.74, 6) is 0. The molecule has 0 spiro atoms. The van der Waals surface area contributed by atoms with Crippen molar-refractivity contribution in [2.75, 3.05) is 6.61 Å². The molecule has 1 nitrogen and oxygen atoms in total. The summed E-state index contributed by atoms with van der Waals surface area (Å²) in [6.07, 6.45) is 5.09. The first-order valence-electron chi connectivity index (χ1n) is 3.20. The van der Waals surface area contributed by atoms with Gasteiger partial charge in [-0.05, 0) is 6.42 Å². The van der Waals surface area contributed by atoms with Crippen LogP contribution in [-0.2, 0) is 4.43 Å². The molecular formula is C6H13OSi. The molecule has 47 valence electrons. The molecule has 8 heavy (non-hydrogen) atoms. The van der Waals surface area contributed by atoms with E-state index in [9.17, 15) is 0 Å². The summed E-state index contributed by atoms with van der Waals surface area (Å²) in [5.41, 5.74) is 0. The maximum Gasteiger partial charge on any atom is 0.246 e. The Hall–Kier alpha value is 0.177. The van der Waals surface area contributed by atoms with E-state index in [-0.39, 0.29) is 0 Å². The molecule has 0 heterocycles. The molecule has 0 unspecified atom stereocenters. The van der Waals surface area contributed by atoms with Crippen LogP contribution in [0.1, 0.15) is 32.6 Å². The number of hydrogen-bond donors (Lipinski definition) is 0. The lowest BCUT2D eigenvalue weighted by atomic mass is 10.2. The first-order valence-corrected chi connectivity index (χ1v) is 3.61. The Morgan fingerprint density at radius 3 is 2.50 bits per heavy atom. The summed E-state index contributed by atoms with van der Waals surface area (Å²) in [5, 5.41) is 0. The predicted molar refractivity (Wildman–Crippen MR) is 35.8 cm³/mol. The zero-order valence-corrected chi connectivity index (χ0v) is 6.44. The van der Waals surface area contributed by atoms with Crippen LogP contribution >= 0.6 is 0 Å². The molecule has 0 amide bonds. The van der Waals surface area contributed by atoms with E-state index in [1.807, 2.05) is 0 Å². The van der Waals surface area contributed by atoms with Crippen LogP contribution in [0.4, 0.5) is 0 Å². The van der Waals surface area contributed by atoms with Crippen molar-refractivity contribution < 1.29 is 4.43 Å². The zero-order chi connectivity index (χ0) is 6.24. The first-order chi connectivity index (χ1) is 3.91. The van der Waals surface area contributed by atoms with Gasteiger partial charge in [-0.3, -0.25) is 0 Å². The van der Waals surface area contributed by atoms with Gasteiger partial charge in [0.05, 0.1) is 0 Å². The molecule has 0 aromatic carbocycles. The van der Waals surface area contributed by atoms with Crippen LogP contribution in [0, 0.1) is 0 Å².